The summed E-state index contributed by atoms with van der Waals surface area (Å²) in [4.78, 5) is 4.25. The third-order valence-electron chi connectivity index (χ3n) is 2.83. The first kappa shape index (κ1) is 15.8. The van der Waals surface area contributed by atoms with Crippen molar-refractivity contribution in [2.45, 2.75) is 0 Å². The van der Waals surface area contributed by atoms with Crippen LogP contribution in [0.3, 0.4) is 0 Å². The Morgan fingerprint density at radius 3 is 2.57 bits per heavy atom. The van der Waals surface area contributed by atoms with Crippen molar-refractivity contribution in [3.05, 3.63) is 51.2 Å². The quantitative estimate of drug-likeness (QED) is 0.737. The molecule has 2 N–H and O–H groups in total. The zero-order chi connectivity index (χ0) is 15.1. The molecule has 0 spiro atoms. The second kappa shape index (κ2) is 7.99. The Balaban J connectivity index is 2.07. The molecule has 1 aromatic carbocycles. The Morgan fingerprint density at radius 2 is 1.95 bits per heavy atom. The van der Waals surface area contributed by atoms with E-state index in [0.717, 1.165) is 20.4 Å². The molecule has 0 aliphatic rings. The van der Waals surface area contributed by atoms with Gasteiger partial charge in [-0.05, 0) is 51.9 Å². The SMILES string of the molecule is CNc1ccc(C=Cc2cnc(OCCO)c(I)c2)cc1. The van der Waals surface area contributed by atoms with E-state index in [9.17, 15) is 0 Å². The molecule has 0 radical (unpaired) electrons. The zero-order valence-corrected chi connectivity index (χ0v) is 13.9. The molecule has 0 atom stereocenters. The van der Waals surface area contributed by atoms with Gasteiger partial charge in [0.1, 0.15) is 6.61 Å². The minimum absolute atomic E-state index is 0.0119. The van der Waals surface area contributed by atoms with Crippen LogP contribution in [0.4, 0.5) is 5.69 Å². The number of aromatic nitrogens is 1. The molecule has 1 heterocycles. The molecule has 0 unspecified atom stereocenters. The summed E-state index contributed by atoms with van der Waals surface area (Å²) in [6.07, 6.45) is 5.81. The Hall–Kier alpha value is -1.60. The predicted molar refractivity (Wildman–Crippen MR) is 94.5 cm³/mol. The lowest BCUT2D eigenvalue weighted by Gasteiger charge is -2.05. The van der Waals surface area contributed by atoms with Gasteiger partial charge in [0.05, 0.1) is 10.2 Å². The highest BCUT2D eigenvalue weighted by Gasteiger charge is 2.02. The molecular weight excluding hydrogens is 379 g/mol. The van der Waals surface area contributed by atoms with Gasteiger partial charge in [-0.2, -0.15) is 0 Å². The van der Waals surface area contributed by atoms with Crippen LogP contribution in [-0.4, -0.2) is 30.4 Å². The molecule has 0 aliphatic heterocycles. The van der Waals surface area contributed by atoms with E-state index in [2.05, 4.69) is 45.0 Å². The normalized spacial score (nSPS) is 10.8. The van der Waals surface area contributed by atoms with Gasteiger partial charge in [-0.15, -0.1) is 0 Å². The molecule has 1 aromatic heterocycles. The monoisotopic (exact) mass is 396 g/mol. The number of benzene rings is 1. The molecule has 2 aromatic rings. The summed E-state index contributed by atoms with van der Waals surface area (Å²) in [6, 6.07) is 10.2. The van der Waals surface area contributed by atoms with E-state index in [-0.39, 0.29) is 13.2 Å². The molecule has 21 heavy (non-hydrogen) atoms. The van der Waals surface area contributed by atoms with Gasteiger partial charge in [-0.3, -0.25) is 0 Å². The summed E-state index contributed by atoms with van der Waals surface area (Å²) >= 11 is 2.18. The fourth-order valence-electron chi connectivity index (χ4n) is 1.73. The van der Waals surface area contributed by atoms with E-state index in [4.69, 9.17) is 9.84 Å². The van der Waals surface area contributed by atoms with E-state index in [1.54, 1.807) is 6.20 Å². The molecule has 0 amide bonds. The average molecular weight is 396 g/mol. The number of pyridine rings is 1. The fourth-order valence-corrected chi connectivity index (χ4v) is 2.39. The minimum atomic E-state index is -0.0119. The first-order valence-corrected chi connectivity index (χ1v) is 7.66. The number of rotatable bonds is 6. The molecule has 4 nitrogen and oxygen atoms in total. The molecule has 0 aliphatic carbocycles. The second-order valence-corrected chi connectivity index (χ2v) is 5.50. The van der Waals surface area contributed by atoms with Crippen LogP contribution in [-0.2, 0) is 0 Å². The van der Waals surface area contributed by atoms with Crippen molar-refractivity contribution in [1.82, 2.24) is 4.98 Å². The molecule has 0 fully saturated rings. The van der Waals surface area contributed by atoms with Gasteiger partial charge in [0, 0.05) is 18.9 Å². The largest absolute Gasteiger partial charge is 0.474 e. The van der Waals surface area contributed by atoms with Crippen molar-refractivity contribution >= 4 is 40.4 Å². The maximum absolute atomic E-state index is 8.75. The van der Waals surface area contributed by atoms with Crippen molar-refractivity contribution in [2.24, 2.45) is 0 Å². The van der Waals surface area contributed by atoms with Gasteiger partial charge in [0.25, 0.3) is 0 Å². The first-order valence-electron chi connectivity index (χ1n) is 6.58. The summed E-state index contributed by atoms with van der Waals surface area (Å²) in [5.41, 5.74) is 3.23. The van der Waals surface area contributed by atoms with Gasteiger partial charge < -0.3 is 15.2 Å². The number of anilines is 1. The van der Waals surface area contributed by atoms with Crippen LogP contribution in [0.1, 0.15) is 11.1 Å². The van der Waals surface area contributed by atoms with Crippen LogP contribution in [0.15, 0.2) is 36.5 Å². The van der Waals surface area contributed by atoms with Crippen LogP contribution in [0, 0.1) is 3.57 Å². The smallest absolute Gasteiger partial charge is 0.227 e. The average Bonchev–Trinajstić information content (AvgIpc) is 2.52. The molecule has 5 heteroatoms. The Labute approximate surface area is 138 Å². The molecule has 110 valence electrons. The predicted octanol–water partition coefficient (Wildman–Crippen LogP) is 3.27. The highest BCUT2D eigenvalue weighted by atomic mass is 127. The zero-order valence-electron chi connectivity index (χ0n) is 11.7. The van der Waals surface area contributed by atoms with Crippen LogP contribution in [0.2, 0.25) is 0 Å². The van der Waals surface area contributed by atoms with Crippen molar-refractivity contribution in [1.29, 1.82) is 0 Å². The lowest BCUT2D eigenvalue weighted by molar-refractivity contribution is 0.196. The summed E-state index contributed by atoms with van der Waals surface area (Å²) < 4.78 is 6.25. The maximum atomic E-state index is 8.75. The van der Waals surface area contributed by atoms with Crippen LogP contribution >= 0.6 is 22.6 Å². The molecule has 0 saturated carbocycles. The summed E-state index contributed by atoms with van der Waals surface area (Å²) in [5.74, 6) is 0.556. The lowest BCUT2D eigenvalue weighted by atomic mass is 10.1. The van der Waals surface area contributed by atoms with E-state index in [1.165, 1.54) is 0 Å². The van der Waals surface area contributed by atoms with Crippen molar-refractivity contribution in [2.75, 3.05) is 25.6 Å². The standard InChI is InChI=1S/C16H17IN2O2/c1-18-14-6-4-12(5-7-14)2-3-13-10-15(17)16(19-11-13)21-9-8-20/h2-7,10-11,18,20H,8-9H2,1H3. The van der Waals surface area contributed by atoms with Crippen LogP contribution in [0.25, 0.3) is 12.2 Å². The summed E-state index contributed by atoms with van der Waals surface area (Å²) in [7, 11) is 1.90. The molecular formula is C16H17IN2O2. The number of hydrogen-bond donors (Lipinski definition) is 2. The molecule has 0 bridgehead atoms. The van der Waals surface area contributed by atoms with Gasteiger partial charge in [0.2, 0.25) is 5.88 Å². The topological polar surface area (TPSA) is 54.4 Å². The van der Waals surface area contributed by atoms with Crippen molar-refractivity contribution in [3.8, 4) is 5.88 Å². The van der Waals surface area contributed by atoms with Gasteiger partial charge >= 0.3 is 0 Å². The number of aliphatic hydroxyl groups excluding tert-OH is 1. The van der Waals surface area contributed by atoms with E-state index >= 15 is 0 Å². The first-order chi connectivity index (χ1) is 10.2. The number of nitrogens with one attached hydrogen (secondary N) is 1. The lowest BCUT2D eigenvalue weighted by Crippen LogP contribution is -2.04. The molecule has 0 saturated heterocycles. The number of hydrogen-bond acceptors (Lipinski definition) is 4. The Kier molecular flexibility index (Phi) is 6.01. The highest BCUT2D eigenvalue weighted by Crippen LogP contribution is 2.20. The fraction of sp³-hybridized carbons (Fsp3) is 0.188. The summed E-state index contributed by atoms with van der Waals surface area (Å²) in [5, 5.41) is 11.8. The minimum Gasteiger partial charge on any atom is -0.474 e. The number of halogens is 1. The second-order valence-electron chi connectivity index (χ2n) is 4.33. The van der Waals surface area contributed by atoms with E-state index < -0.39 is 0 Å². The third kappa shape index (κ3) is 4.71. The van der Waals surface area contributed by atoms with Gasteiger partial charge in [-0.1, -0.05) is 24.3 Å². The number of aliphatic hydroxyl groups is 1. The van der Waals surface area contributed by atoms with E-state index in [0.29, 0.717) is 5.88 Å². The van der Waals surface area contributed by atoms with Gasteiger partial charge in [-0.25, -0.2) is 4.98 Å². The number of ether oxygens (including phenoxy) is 1. The maximum Gasteiger partial charge on any atom is 0.227 e. The van der Waals surface area contributed by atoms with Crippen LogP contribution in [0.5, 0.6) is 5.88 Å². The highest BCUT2D eigenvalue weighted by molar-refractivity contribution is 14.1. The van der Waals surface area contributed by atoms with Crippen LogP contribution < -0.4 is 10.1 Å². The summed E-state index contributed by atoms with van der Waals surface area (Å²) in [6.45, 7) is 0.248. The molecule has 2 rings (SSSR count). The van der Waals surface area contributed by atoms with Crippen molar-refractivity contribution in [3.63, 3.8) is 0 Å². The third-order valence-corrected chi connectivity index (χ3v) is 3.60. The van der Waals surface area contributed by atoms with E-state index in [1.807, 2.05) is 37.4 Å². The Bertz CT molecular complexity index is 612. The van der Waals surface area contributed by atoms with Crippen molar-refractivity contribution < 1.29 is 9.84 Å². The Morgan fingerprint density at radius 1 is 1.24 bits per heavy atom. The number of nitrogens with zero attached hydrogens (tertiary/aromatic N) is 1. The van der Waals surface area contributed by atoms with Gasteiger partial charge in [0.15, 0.2) is 0 Å².